The van der Waals surface area contributed by atoms with Gasteiger partial charge in [-0.15, -0.1) is 0 Å². The Labute approximate surface area is 122 Å². The summed E-state index contributed by atoms with van der Waals surface area (Å²) < 4.78 is 0. The first-order valence-electron chi connectivity index (χ1n) is 6.02. The van der Waals surface area contributed by atoms with E-state index in [0.29, 0.717) is 22.0 Å². The first kappa shape index (κ1) is 14.2. The molecule has 0 aromatic heterocycles. The zero-order chi connectivity index (χ0) is 14.4. The van der Waals surface area contributed by atoms with Crippen molar-refractivity contribution >= 4 is 34.7 Å². The number of amides is 1. The maximum absolute atomic E-state index is 12.1. The Bertz CT molecular complexity index is 591. The zero-order valence-electron chi connectivity index (χ0n) is 11.0. The summed E-state index contributed by atoms with van der Waals surface area (Å²) >= 11 is 12.2. The molecule has 0 saturated carbocycles. The molecule has 0 unspecified atom stereocenters. The number of hydrogen-bond donors (Lipinski definition) is 2. The summed E-state index contributed by atoms with van der Waals surface area (Å²) in [6.45, 7) is 5.42. The van der Waals surface area contributed by atoms with E-state index < -0.39 is 5.54 Å². The highest BCUT2D eigenvalue weighted by molar-refractivity contribution is 6.38. The van der Waals surface area contributed by atoms with E-state index in [1.54, 1.807) is 26.0 Å². The minimum Gasteiger partial charge on any atom is -0.509 e. The molecule has 0 radical (unpaired) electrons. The molecule has 0 bridgehead atoms. The van der Waals surface area contributed by atoms with Gasteiger partial charge < -0.3 is 10.4 Å². The fraction of sp³-hybridized carbons (Fsp3) is 0.357. The van der Waals surface area contributed by atoms with Crippen LogP contribution in [-0.2, 0) is 11.2 Å². The zero-order valence-corrected chi connectivity index (χ0v) is 12.5. The van der Waals surface area contributed by atoms with Crippen LogP contribution in [-0.4, -0.2) is 16.6 Å². The van der Waals surface area contributed by atoms with E-state index in [1.807, 2.05) is 6.92 Å². The number of aliphatic hydroxyl groups excluding tert-OH is 1. The molecule has 1 aliphatic heterocycles. The van der Waals surface area contributed by atoms with Gasteiger partial charge in [-0.1, -0.05) is 30.1 Å². The van der Waals surface area contributed by atoms with Crippen LogP contribution < -0.4 is 5.32 Å². The van der Waals surface area contributed by atoms with E-state index in [0.717, 1.165) is 5.56 Å². The molecular formula is C14H15Cl2NO2. The summed E-state index contributed by atoms with van der Waals surface area (Å²) in [6, 6.07) is 3.35. The van der Waals surface area contributed by atoms with E-state index in [9.17, 15) is 9.90 Å². The highest BCUT2D eigenvalue weighted by Gasteiger charge is 2.39. The molecule has 102 valence electrons. The number of halogens is 2. The Hall–Kier alpha value is -1.19. The number of carbonyl (C=O) groups is 1. The van der Waals surface area contributed by atoms with Crippen LogP contribution in [0.25, 0.3) is 5.57 Å². The Kier molecular flexibility index (Phi) is 3.54. The minimum atomic E-state index is -0.777. The molecule has 1 aromatic carbocycles. The van der Waals surface area contributed by atoms with Gasteiger partial charge in [0.15, 0.2) is 0 Å². The first-order chi connectivity index (χ1) is 8.77. The second kappa shape index (κ2) is 4.73. The van der Waals surface area contributed by atoms with Crippen molar-refractivity contribution in [1.29, 1.82) is 0 Å². The Morgan fingerprint density at radius 3 is 2.42 bits per heavy atom. The van der Waals surface area contributed by atoms with Crippen LogP contribution in [0.3, 0.4) is 0 Å². The van der Waals surface area contributed by atoms with E-state index in [1.165, 1.54) is 0 Å². The SMILES string of the molecule is CCc1cc(Cl)cc(Cl)c1C1=C(O)C(C)(C)NC1=O. The largest absolute Gasteiger partial charge is 0.509 e. The predicted molar refractivity (Wildman–Crippen MR) is 77.6 cm³/mol. The third kappa shape index (κ3) is 2.33. The second-order valence-electron chi connectivity index (χ2n) is 5.08. The third-order valence-electron chi connectivity index (χ3n) is 3.25. The average Bonchev–Trinajstić information content (AvgIpc) is 2.49. The van der Waals surface area contributed by atoms with Crippen molar-refractivity contribution in [2.24, 2.45) is 0 Å². The first-order valence-corrected chi connectivity index (χ1v) is 6.78. The van der Waals surface area contributed by atoms with E-state index in [2.05, 4.69) is 5.32 Å². The van der Waals surface area contributed by atoms with Crippen molar-refractivity contribution in [1.82, 2.24) is 5.32 Å². The maximum Gasteiger partial charge on any atom is 0.256 e. The normalized spacial score (nSPS) is 17.8. The van der Waals surface area contributed by atoms with Gasteiger partial charge in [0, 0.05) is 10.6 Å². The van der Waals surface area contributed by atoms with Gasteiger partial charge >= 0.3 is 0 Å². The van der Waals surface area contributed by atoms with Gasteiger partial charge in [0.05, 0.1) is 16.1 Å². The number of aryl methyl sites for hydroxylation is 1. The van der Waals surface area contributed by atoms with Crippen molar-refractivity contribution in [3.63, 3.8) is 0 Å². The lowest BCUT2D eigenvalue weighted by molar-refractivity contribution is -0.115. The molecule has 0 aliphatic carbocycles. The Balaban J connectivity index is 2.73. The highest BCUT2D eigenvalue weighted by atomic mass is 35.5. The molecule has 0 saturated heterocycles. The van der Waals surface area contributed by atoms with Crippen LogP contribution in [0.4, 0.5) is 0 Å². The van der Waals surface area contributed by atoms with Crippen LogP contribution in [0, 0.1) is 0 Å². The lowest BCUT2D eigenvalue weighted by Crippen LogP contribution is -2.38. The minimum absolute atomic E-state index is 0.0106. The number of nitrogens with one attached hydrogen (secondary N) is 1. The molecule has 1 heterocycles. The Morgan fingerprint density at radius 1 is 1.32 bits per heavy atom. The van der Waals surface area contributed by atoms with Crippen LogP contribution in [0.15, 0.2) is 17.9 Å². The monoisotopic (exact) mass is 299 g/mol. The molecule has 1 aliphatic rings. The van der Waals surface area contributed by atoms with Gasteiger partial charge in [-0.05, 0) is 38.0 Å². The fourth-order valence-electron chi connectivity index (χ4n) is 2.24. The molecular weight excluding hydrogens is 285 g/mol. The molecule has 3 nitrogen and oxygen atoms in total. The second-order valence-corrected chi connectivity index (χ2v) is 5.92. The van der Waals surface area contributed by atoms with E-state index >= 15 is 0 Å². The molecule has 2 N–H and O–H groups in total. The van der Waals surface area contributed by atoms with Crippen LogP contribution in [0.2, 0.25) is 10.0 Å². The number of benzene rings is 1. The molecule has 0 fully saturated rings. The number of carbonyl (C=O) groups excluding carboxylic acids is 1. The summed E-state index contributed by atoms with van der Waals surface area (Å²) in [4.78, 5) is 12.1. The van der Waals surface area contributed by atoms with Crippen molar-refractivity contribution in [3.8, 4) is 0 Å². The maximum atomic E-state index is 12.1. The molecule has 0 atom stereocenters. The lowest BCUT2D eigenvalue weighted by Gasteiger charge is -2.17. The van der Waals surface area contributed by atoms with Crippen LogP contribution >= 0.6 is 23.2 Å². The summed E-state index contributed by atoms with van der Waals surface area (Å²) in [5, 5.41) is 13.9. The summed E-state index contributed by atoms with van der Waals surface area (Å²) in [5.74, 6) is -0.308. The van der Waals surface area contributed by atoms with Gasteiger partial charge in [-0.25, -0.2) is 0 Å². The van der Waals surface area contributed by atoms with E-state index in [4.69, 9.17) is 23.2 Å². The van der Waals surface area contributed by atoms with Gasteiger partial charge in [0.2, 0.25) is 0 Å². The van der Waals surface area contributed by atoms with Gasteiger partial charge in [-0.2, -0.15) is 0 Å². The van der Waals surface area contributed by atoms with Crippen molar-refractivity contribution in [2.75, 3.05) is 0 Å². The molecule has 5 heteroatoms. The molecule has 1 amide bonds. The van der Waals surface area contributed by atoms with Crippen molar-refractivity contribution in [2.45, 2.75) is 32.7 Å². The number of rotatable bonds is 2. The number of aliphatic hydroxyl groups is 1. The third-order valence-corrected chi connectivity index (χ3v) is 3.77. The van der Waals surface area contributed by atoms with Gasteiger partial charge in [0.1, 0.15) is 5.76 Å². The van der Waals surface area contributed by atoms with Crippen molar-refractivity contribution < 1.29 is 9.90 Å². The Morgan fingerprint density at radius 2 is 1.95 bits per heavy atom. The summed E-state index contributed by atoms with van der Waals surface area (Å²) in [5.41, 5.74) is 0.866. The topological polar surface area (TPSA) is 49.3 Å². The van der Waals surface area contributed by atoms with Crippen LogP contribution in [0.5, 0.6) is 0 Å². The standard InChI is InChI=1S/C14H15Cl2NO2/c1-4-7-5-8(15)6-9(16)10(7)11-12(18)14(2,3)17-13(11)19/h5-6,18H,4H2,1-3H3,(H,17,19). The average molecular weight is 300 g/mol. The summed E-state index contributed by atoms with van der Waals surface area (Å²) in [7, 11) is 0. The van der Waals surface area contributed by atoms with Crippen LogP contribution in [0.1, 0.15) is 31.9 Å². The lowest BCUT2D eigenvalue weighted by atomic mass is 9.94. The summed E-state index contributed by atoms with van der Waals surface area (Å²) in [6.07, 6.45) is 0.667. The van der Waals surface area contributed by atoms with E-state index in [-0.39, 0.29) is 17.2 Å². The van der Waals surface area contributed by atoms with Crippen molar-refractivity contribution in [3.05, 3.63) is 39.1 Å². The fourth-order valence-corrected chi connectivity index (χ4v) is 2.87. The quantitative estimate of drug-likeness (QED) is 0.874. The molecule has 1 aromatic rings. The van der Waals surface area contributed by atoms with Gasteiger partial charge in [-0.3, -0.25) is 4.79 Å². The smallest absolute Gasteiger partial charge is 0.256 e. The number of hydrogen-bond acceptors (Lipinski definition) is 2. The molecule has 2 rings (SSSR count). The molecule has 19 heavy (non-hydrogen) atoms. The molecule has 0 spiro atoms. The van der Waals surface area contributed by atoms with Gasteiger partial charge in [0.25, 0.3) is 5.91 Å². The highest BCUT2D eigenvalue weighted by Crippen LogP contribution is 2.38. The predicted octanol–water partition coefficient (Wildman–Crippen LogP) is 3.73.